The third kappa shape index (κ3) is 1.76. The number of rotatable bonds is 3. The molecular weight excluding hydrogens is 190 g/mol. The largest absolute Gasteiger partial charge is 0.478 e. The molecule has 0 aliphatic heterocycles. The average Bonchev–Trinajstić information content (AvgIpc) is 2.16. The van der Waals surface area contributed by atoms with Crippen molar-refractivity contribution in [3.05, 3.63) is 27.9 Å². The number of hydrogen-bond donors (Lipinski definition) is 2. The van der Waals surface area contributed by atoms with Crippen molar-refractivity contribution in [2.45, 2.75) is 0 Å². The molecule has 1 heterocycles. The van der Waals surface area contributed by atoms with E-state index in [2.05, 4.69) is 10.3 Å². The first-order chi connectivity index (χ1) is 6.56. The SMILES string of the molecule is CNc1ncc([N+](=O)[O-])cc1C(=O)O. The summed E-state index contributed by atoms with van der Waals surface area (Å²) in [4.78, 5) is 23.9. The summed E-state index contributed by atoms with van der Waals surface area (Å²) in [5, 5.41) is 21.6. The Kier molecular flexibility index (Phi) is 2.61. The van der Waals surface area contributed by atoms with E-state index in [0.717, 1.165) is 12.3 Å². The molecule has 0 aliphatic rings. The molecule has 0 amide bonds. The summed E-state index contributed by atoms with van der Waals surface area (Å²) in [6, 6.07) is 0.959. The van der Waals surface area contributed by atoms with Crippen LogP contribution in [0.5, 0.6) is 0 Å². The Balaban J connectivity index is 3.27. The molecule has 0 saturated heterocycles. The number of nitrogens with one attached hydrogen (secondary N) is 1. The van der Waals surface area contributed by atoms with Crippen LogP contribution < -0.4 is 5.32 Å². The monoisotopic (exact) mass is 197 g/mol. The van der Waals surface area contributed by atoms with Crippen molar-refractivity contribution < 1.29 is 14.8 Å². The third-order valence-corrected chi connectivity index (χ3v) is 1.55. The van der Waals surface area contributed by atoms with Gasteiger partial charge in [0, 0.05) is 13.1 Å². The molecule has 7 nitrogen and oxygen atoms in total. The molecule has 74 valence electrons. The van der Waals surface area contributed by atoms with Gasteiger partial charge in [-0.2, -0.15) is 0 Å². The quantitative estimate of drug-likeness (QED) is 0.546. The Labute approximate surface area is 78.5 Å². The number of aromatic nitrogens is 1. The number of pyridine rings is 1. The molecule has 0 radical (unpaired) electrons. The smallest absolute Gasteiger partial charge is 0.339 e. The Bertz CT molecular complexity index is 391. The van der Waals surface area contributed by atoms with Gasteiger partial charge in [0.05, 0.1) is 4.92 Å². The second-order valence-electron chi connectivity index (χ2n) is 2.40. The Morgan fingerprint density at radius 2 is 2.36 bits per heavy atom. The highest BCUT2D eigenvalue weighted by molar-refractivity contribution is 5.93. The van der Waals surface area contributed by atoms with E-state index in [1.165, 1.54) is 7.05 Å². The normalized spacial score (nSPS) is 9.50. The van der Waals surface area contributed by atoms with Gasteiger partial charge < -0.3 is 10.4 Å². The minimum absolute atomic E-state index is 0.100. The maximum atomic E-state index is 10.7. The van der Waals surface area contributed by atoms with Crippen LogP contribution in [0.3, 0.4) is 0 Å². The minimum Gasteiger partial charge on any atom is -0.478 e. The van der Waals surface area contributed by atoms with E-state index in [4.69, 9.17) is 5.11 Å². The molecule has 0 bridgehead atoms. The first kappa shape index (κ1) is 9.90. The second-order valence-corrected chi connectivity index (χ2v) is 2.40. The van der Waals surface area contributed by atoms with E-state index in [1.807, 2.05) is 0 Å². The van der Waals surface area contributed by atoms with Crippen LogP contribution in [0.25, 0.3) is 0 Å². The van der Waals surface area contributed by atoms with Gasteiger partial charge in [-0.3, -0.25) is 10.1 Å². The topological polar surface area (TPSA) is 105 Å². The summed E-state index contributed by atoms with van der Waals surface area (Å²) < 4.78 is 0. The van der Waals surface area contributed by atoms with E-state index in [1.54, 1.807) is 0 Å². The van der Waals surface area contributed by atoms with Crippen LogP contribution >= 0.6 is 0 Å². The van der Waals surface area contributed by atoms with Crippen LogP contribution in [0.15, 0.2) is 12.3 Å². The van der Waals surface area contributed by atoms with Gasteiger partial charge in [-0.1, -0.05) is 0 Å². The van der Waals surface area contributed by atoms with Crippen LogP contribution in [0, 0.1) is 10.1 Å². The second kappa shape index (κ2) is 3.69. The number of nitro groups is 1. The zero-order chi connectivity index (χ0) is 10.7. The summed E-state index contributed by atoms with van der Waals surface area (Å²) in [6.07, 6.45) is 0.998. The van der Waals surface area contributed by atoms with E-state index in [-0.39, 0.29) is 17.1 Å². The molecule has 14 heavy (non-hydrogen) atoms. The molecule has 1 rings (SSSR count). The highest BCUT2D eigenvalue weighted by atomic mass is 16.6. The standard InChI is InChI=1S/C7H7N3O4/c1-8-6-5(7(11)12)2-4(3-9-6)10(13)14/h2-3H,1H3,(H,8,9)(H,11,12). The van der Waals surface area contributed by atoms with Gasteiger partial charge in [0.25, 0.3) is 5.69 Å². The lowest BCUT2D eigenvalue weighted by molar-refractivity contribution is -0.385. The molecule has 0 aromatic carbocycles. The number of anilines is 1. The highest BCUT2D eigenvalue weighted by Gasteiger charge is 2.16. The van der Waals surface area contributed by atoms with Crippen molar-refractivity contribution >= 4 is 17.5 Å². The van der Waals surface area contributed by atoms with Crippen molar-refractivity contribution in [3.8, 4) is 0 Å². The van der Waals surface area contributed by atoms with Crippen molar-refractivity contribution in [2.75, 3.05) is 12.4 Å². The zero-order valence-corrected chi connectivity index (χ0v) is 7.22. The van der Waals surface area contributed by atoms with Crippen molar-refractivity contribution in [1.29, 1.82) is 0 Å². The van der Waals surface area contributed by atoms with E-state index in [0.29, 0.717) is 0 Å². The number of hydrogen-bond acceptors (Lipinski definition) is 5. The molecule has 0 aliphatic carbocycles. The van der Waals surface area contributed by atoms with Gasteiger partial charge >= 0.3 is 5.97 Å². The number of carbonyl (C=O) groups is 1. The van der Waals surface area contributed by atoms with Gasteiger partial charge in [-0.05, 0) is 0 Å². The molecule has 1 aromatic heterocycles. The fraction of sp³-hybridized carbons (Fsp3) is 0.143. The van der Waals surface area contributed by atoms with Crippen LogP contribution in [-0.2, 0) is 0 Å². The Morgan fingerprint density at radius 3 is 2.79 bits per heavy atom. The number of nitrogens with zero attached hydrogens (tertiary/aromatic N) is 2. The number of aromatic carboxylic acids is 1. The van der Waals surface area contributed by atoms with Crippen molar-refractivity contribution in [1.82, 2.24) is 4.98 Å². The molecule has 0 atom stereocenters. The molecule has 1 aromatic rings. The lowest BCUT2D eigenvalue weighted by atomic mass is 10.2. The lowest BCUT2D eigenvalue weighted by Crippen LogP contribution is -2.05. The maximum absolute atomic E-state index is 10.7. The fourth-order valence-corrected chi connectivity index (χ4v) is 0.916. The third-order valence-electron chi connectivity index (χ3n) is 1.55. The average molecular weight is 197 g/mol. The van der Waals surface area contributed by atoms with Crippen LogP contribution in [-0.4, -0.2) is 28.0 Å². The lowest BCUT2D eigenvalue weighted by Gasteiger charge is -2.02. The van der Waals surface area contributed by atoms with Gasteiger partial charge in [-0.15, -0.1) is 0 Å². The van der Waals surface area contributed by atoms with Gasteiger partial charge in [0.15, 0.2) is 0 Å². The van der Waals surface area contributed by atoms with Crippen molar-refractivity contribution in [3.63, 3.8) is 0 Å². The molecular formula is C7H7N3O4. The first-order valence-electron chi connectivity index (χ1n) is 3.61. The summed E-state index contributed by atoms with van der Waals surface area (Å²) >= 11 is 0. The predicted molar refractivity (Wildman–Crippen MR) is 47.4 cm³/mol. The van der Waals surface area contributed by atoms with E-state index in [9.17, 15) is 14.9 Å². The molecule has 7 heteroatoms. The number of carboxylic acids is 1. The van der Waals surface area contributed by atoms with Gasteiger partial charge in [0.1, 0.15) is 17.6 Å². The van der Waals surface area contributed by atoms with E-state index < -0.39 is 10.9 Å². The molecule has 0 fully saturated rings. The summed E-state index contributed by atoms with van der Waals surface area (Å²) in [5.74, 6) is -1.16. The van der Waals surface area contributed by atoms with Gasteiger partial charge in [0.2, 0.25) is 0 Å². The van der Waals surface area contributed by atoms with Gasteiger partial charge in [-0.25, -0.2) is 9.78 Å². The van der Waals surface area contributed by atoms with Crippen molar-refractivity contribution in [2.24, 2.45) is 0 Å². The summed E-state index contributed by atoms with van der Waals surface area (Å²) in [5.41, 5.74) is -0.567. The molecule has 2 N–H and O–H groups in total. The maximum Gasteiger partial charge on any atom is 0.339 e. The summed E-state index contributed by atoms with van der Waals surface area (Å²) in [7, 11) is 1.49. The predicted octanol–water partition coefficient (Wildman–Crippen LogP) is 0.730. The minimum atomic E-state index is -1.26. The summed E-state index contributed by atoms with van der Waals surface area (Å²) in [6.45, 7) is 0. The zero-order valence-electron chi connectivity index (χ0n) is 7.22. The molecule has 0 spiro atoms. The fourth-order valence-electron chi connectivity index (χ4n) is 0.916. The highest BCUT2D eigenvalue weighted by Crippen LogP contribution is 2.18. The van der Waals surface area contributed by atoms with Crippen LogP contribution in [0.4, 0.5) is 11.5 Å². The Hall–Kier alpha value is -2.18. The molecule has 0 unspecified atom stereocenters. The molecule has 0 saturated carbocycles. The Morgan fingerprint density at radius 1 is 1.71 bits per heavy atom. The van der Waals surface area contributed by atoms with E-state index >= 15 is 0 Å². The number of carboxylic acid groups (broad SMARTS) is 1. The first-order valence-corrected chi connectivity index (χ1v) is 3.61. The van der Waals surface area contributed by atoms with Crippen LogP contribution in [0.2, 0.25) is 0 Å². The van der Waals surface area contributed by atoms with Crippen LogP contribution in [0.1, 0.15) is 10.4 Å².